The van der Waals surface area contributed by atoms with Crippen LogP contribution in [0.25, 0.3) is 10.9 Å². The molecule has 0 saturated heterocycles. The zero-order chi connectivity index (χ0) is 19.1. The Morgan fingerprint density at radius 1 is 0.885 bits per heavy atom. The van der Waals surface area contributed by atoms with Gasteiger partial charge >= 0.3 is 0 Å². The number of para-hydroxylation sites is 1. The standard InChI is InChI=1S/C22H28N4/c1-14-12-23-13-19(24-14)25-17-10-8-9-15-16(21(2,3)4)11-18(22(5,6)7)26-20(15)17/h8-13H,1-7H3,(H,24,25). The minimum Gasteiger partial charge on any atom is -0.337 e. The van der Waals surface area contributed by atoms with Gasteiger partial charge < -0.3 is 5.32 Å². The van der Waals surface area contributed by atoms with Crippen LogP contribution in [0.1, 0.15) is 58.5 Å². The maximum atomic E-state index is 5.03. The van der Waals surface area contributed by atoms with E-state index in [2.05, 4.69) is 81.1 Å². The van der Waals surface area contributed by atoms with E-state index in [1.54, 1.807) is 12.4 Å². The number of benzene rings is 1. The monoisotopic (exact) mass is 348 g/mol. The molecule has 0 aliphatic heterocycles. The highest BCUT2D eigenvalue weighted by Crippen LogP contribution is 2.36. The van der Waals surface area contributed by atoms with Crippen molar-refractivity contribution in [3.63, 3.8) is 0 Å². The minimum atomic E-state index is -0.0234. The first-order chi connectivity index (χ1) is 12.1. The van der Waals surface area contributed by atoms with Crippen LogP contribution in [-0.2, 0) is 10.8 Å². The molecule has 1 N–H and O–H groups in total. The summed E-state index contributed by atoms with van der Waals surface area (Å²) >= 11 is 0. The lowest BCUT2D eigenvalue weighted by atomic mass is 9.81. The normalized spacial score (nSPS) is 12.4. The number of pyridine rings is 1. The van der Waals surface area contributed by atoms with E-state index in [0.29, 0.717) is 0 Å². The maximum absolute atomic E-state index is 5.03. The summed E-state index contributed by atoms with van der Waals surface area (Å²) in [6.07, 6.45) is 3.49. The van der Waals surface area contributed by atoms with Crippen LogP contribution in [0.5, 0.6) is 0 Å². The van der Waals surface area contributed by atoms with Crippen molar-refractivity contribution in [3.8, 4) is 0 Å². The Hall–Kier alpha value is -2.49. The summed E-state index contributed by atoms with van der Waals surface area (Å²) in [5, 5.41) is 4.59. The minimum absolute atomic E-state index is 0.0234. The van der Waals surface area contributed by atoms with Crippen LogP contribution >= 0.6 is 0 Å². The van der Waals surface area contributed by atoms with Crippen molar-refractivity contribution in [3.05, 3.63) is 53.6 Å². The second-order valence-electron chi connectivity index (χ2n) is 8.93. The predicted molar refractivity (Wildman–Crippen MR) is 109 cm³/mol. The summed E-state index contributed by atoms with van der Waals surface area (Å²) in [4.78, 5) is 13.8. The van der Waals surface area contributed by atoms with Crippen molar-refractivity contribution in [1.29, 1.82) is 0 Å². The highest BCUT2D eigenvalue weighted by molar-refractivity contribution is 5.94. The van der Waals surface area contributed by atoms with Gasteiger partial charge in [0, 0.05) is 22.7 Å². The number of aromatic nitrogens is 3. The second-order valence-corrected chi connectivity index (χ2v) is 8.93. The highest BCUT2D eigenvalue weighted by atomic mass is 15.0. The van der Waals surface area contributed by atoms with Crippen molar-refractivity contribution in [1.82, 2.24) is 15.0 Å². The molecule has 0 bridgehead atoms. The van der Waals surface area contributed by atoms with Gasteiger partial charge in [0.25, 0.3) is 0 Å². The first kappa shape index (κ1) is 18.3. The Morgan fingerprint density at radius 3 is 2.23 bits per heavy atom. The number of hydrogen-bond donors (Lipinski definition) is 1. The summed E-state index contributed by atoms with van der Waals surface area (Å²) in [7, 11) is 0. The molecule has 4 nitrogen and oxygen atoms in total. The van der Waals surface area contributed by atoms with E-state index in [0.717, 1.165) is 28.4 Å². The molecule has 3 aromatic rings. The van der Waals surface area contributed by atoms with Crippen LogP contribution in [0.3, 0.4) is 0 Å². The summed E-state index contributed by atoms with van der Waals surface area (Å²) < 4.78 is 0. The maximum Gasteiger partial charge on any atom is 0.149 e. The first-order valence-electron chi connectivity index (χ1n) is 9.06. The van der Waals surface area contributed by atoms with Crippen molar-refractivity contribution in [2.75, 3.05) is 5.32 Å². The van der Waals surface area contributed by atoms with Gasteiger partial charge in [-0.15, -0.1) is 0 Å². The zero-order valence-electron chi connectivity index (χ0n) is 16.8. The lowest BCUT2D eigenvalue weighted by Gasteiger charge is -2.26. The van der Waals surface area contributed by atoms with E-state index in [-0.39, 0.29) is 10.8 Å². The molecule has 3 rings (SSSR count). The average Bonchev–Trinajstić information content (AvgIpc) is 2.52. The Bertz CT molecular complexity index is 946. The van der Waals surface area contributed by atoms with Gasteiger partial charge in [0.15, 0.2) is 0 Å². The largest absolute Gasteiger partial charge is 0.337 e. The molecule has 0 aliphatic rings. The number of nitrogens with zero attached hydrogens (tertiary/aromatic N) is 3. The van der Waals surface area contributed by atoms with Crippen molar-refractivity contribution in [2.24, 2.45) is 0 Å². The molecule has 136 valence electrons. The van der Waals surface area contributed by atoms with Gasteiger partial charge in [0.1, 0.15) is 5.82 Å². The Morgan fingerprint density at radius 2 is 1.62 bits per heavy atom. The summed E-state index contributed by atoms with van der Waals surface area (Å²) in [5.74, 6) is 0.734. The predicted octanol–water partition coefficient (Wildman–Crippen LogP) is 5.67. The van der Waals surface area contributed by atoms with Gasteiger partial charge in [0.05, 0.1) is 23.1 Å². The van der Waals surface area contributed by atoms with E-state index < -0.39 is 0 Å². The fraction of sp³-hybridized carbons (Fsp3) is 0.409. The molecule has 26 heavy (non-hydrogen) atoms. The van der Waals surface area contributed by atoms with Crippen LogP contribution in [0.15, 0.2) is 36.7 Å². The molecular weight excluding hydrogens is 320 g/mol. The van der Waals surface area contributed by atoms with E-state index in [1.165, 1.54) is 10.9 Å². The summed E-state index contributed by atoms with van der Waals surface area (Å²) in [6.45, 7) is 15.3. The average molecular weight is 348 g/mol. The third-order valence-corrected chi connectivity index (χ3v) is 4.43. The smallest absolute Gasteiger partial charge is 0.149 e. The number of hydrogen-bond acceptors (Lipinski definition) is 4. The van der Waals surface area contributed by atoms with Crippen LogP contribution in [0.2, 0.25) is 0 Å². The fourth-order valence-electron chi connectivity index (χ4n) is 3.02. The Balaban J connectivity index is 2.25. The topological polar surface area (TPSA) is 50.7 Å². The molecule has 0 unspecified atom stereocenters. The summed E-state index contributed by atoms with van der Waals surface area (Å²) in [5.41, 5.74) is 5.24. The second kappa shape index (κ2) is 6.35. The first-order valence-corrected chi connectivity index (χ1v) is 9.06. The van der Waals surface area contributed by atoms with Gasteiger partial charge in [-0.2, -0.15) is 0 Å². The fourth-order valence-corrected chi connectivity index (χ4v) is 3.02. The van der Waals surface area contributed by atoms with Crippen LogP contribution in [0, 0.1) is 6.92 Å². The molecule has 0 atom stereocenters. The number of fused-ring (bicyclic) bond motifs is 1. The number of aryl methyl sites for hydroxylation is 1. The van der Waals surface area contributed by atoms with Crippen LogP contribution in [-0.4, -0.2) is 15.0 Å². The summed E-state index contributed by atoms with van der Waals surface area (Å²) in [6, 6.07) is 8.54. The lowest BCUT2D eigenvalue weighted by Crippen LogP contribution is -2.19. The molecule has 0 fully saturated rings. The van der Waals surface area contributed by atoms with Gasteiger partial charge in [-0.25, -0.2) is 4.98 Å². The molecule has 0 radical (unpaired) electrons. The molecule has 1 aromatic carbocycles. The van der Waals surface area contributed by atoms with E-state index >= 15 is 0 Å². The van der Waals surface area contributed by atoms with Gasteiger partial charge in [-0.3, -0.25) is 9.97 Å². The molecule has 4 heteroatoms. The van der Waals surface area contributed by atoms with Crippen LogP contribution < -0.4 is 5.32 Å². The van der Waals surface area contributed by atoms with Gasteiger partial charge in [0.2, 0.25) is 0 Å². The number of rotatable bonds is 2. The van der Waals surface area contributed by atoms with Gasteiger partial charge in [-0.1, -0.05) is 53.7 Å². The van der Waals surface area contributed by atoms with E-state index in [1.807, 2.05) is 6.92 Å². The third-order valence-electron chi connectivity index (χ3n) is 4.43. The third kappa shape index (κ3) is 3.69. The molecule has 2 heterocycles. The Kier molecular flexibility index (Phi) is 4.47. The SMILES string of the molecule is Cc1cncc(Nc2cccc3c(C(C)(C)C)cc(C(C)(C)C)nc23)n1. The van der Waals surface area contributed by atoms with Crippen molar-refractivity contribution in [2.45, 2.75) is 59.3 Å². The highest BCUT2D eigenvalue weighted by Gasteiger charge is 2.24. The quantitative estimate of drug-likeness (QED) is 0.648. The van der Waals surface area contributed by atoms with E-state index in [4.69, 9.17) is 4.98 Å². The number of anilines is 2. The lowest BCUT2D eigenvalue weighted by molar-refractivity contribution is 0.558. The molecule has 0 spiro atoms. The molecular formula is C22H28N4. The molecule has 0 amide bonds. The zero-order valence-corrected chi connectivity index (χ0v) is 16.8. The number of nitrogens with one attached hydrogen (secondary N) is 1. The Labute approximate surface area is 156 Å². The molecule has 2 aromatic heterocycles. The van der Waals surface area contributed by atoms with Gasteiger partial charge in [-0.05, 0) is 30.0 Å². The van der Waals surface area contributed by atoms with Crippen LogP contribution in [0.4, 0.5) is 11.5 Å². The van der Waals surface area contributed by atoms with E-state index in [9.17, 15) is 0 Å². The van der Waals surface area contributed by atoms with Crippen molar-refractivity contribution >= 4 is 22.4 Å². The molecule has 0 saturated carbocycles. The van der Waals surface area contributed by atoms with Crippen molar-refractivity contribution < 1.29 is 0 Å². The molecule has 0 aliphatic carbocycles.